The minimum absolute atomic E-state index is 0.149. The van der Waals surface area contributed by atoms with Gasteiger partial charge in [-0.3, -0.25) is 0 Å². The highest BCUT2D eigenvalue weighted by Crippen LogP contribution is 2.27. The lowest BCUT2D eigenvalue weighted by Crippen LogP contribution is -2.28. The zero-order valence-corrected chi connectivity index (χ0v) is 16.6. The summed E-state index contributed by atoms with van der Waals surface area (Å²) in [6, 6.07) is 8.86. The van der Waals surface area contributed by atoms with Crippen molar-refractivity contribution in [3.8, 4) is 11.5 Å². The van der Waals surface area contributed by atoms with E-state index in [-0.39, 0.29) is 12.0 Å². The first-order valence-corrected chi connectivity index (χ1v) is 9.13. The van der Waals surface area contributed by atoms with E-state index in [0.717, 1.165) is 16.9 Å². The van der Waals surface area contributed by atoms with Crippen LogP contribution >= 0.6 is 0 Å². The Bertz CT molecular complexity index is 828. The number of hydrogen-bond donors (Lipinski definition) is 2. The van der Waals surface area contributed by atoms with Crippen LogP contribution in [0.5, 0.6) is 11.5 Å². The highest BCUT2D eigenvalue weighted by atomic mass is 16.5. The summed E-state index contributed by atoms with van der Waals surface area (Å²) >= 11 is 0. The minimum Gasteiger partial charge on any atom is -0.493 e. The fourth-order valence-corrected chi connectivity index (χ4v) is 3.10. The van der Waals surface area contributed by atoms with E-state index >= 15 is 0 Å². The van der Waals surface area contributed by atoms with Crippen LogP contribution in [0, 0.1) is 27.7 Å². The average Bonchev–Trinajstić information content (AvgIpc) is 2.61. The molecule has 0 aliphatic carbocycles. The standard InChI is InChI=1S/C22H26O6/c1-13-7-5-8-14(2)19(13)27-10-6-9-18(22(25)26)28-20-15(3)11-17(21(23)24)12-16(20)4/h5,7-8,11-12,18H,6,9-10H2,1-4H3,(H,23,24)(H,25,26). The van der Waals surface area contributed by atoms with Gasteiger partial charge in [0.1, 0.15) is 11.5 Å². The number of ether oxygens (including phenoxy) is 2. The minimum atomic E-state index is -1.06. The Kier molecular flexibility index (Phi) is 7.04. The Morgan fingerprint density at radius 3 is 2.00 bits per heavy atom. The van der Waals surface area contributed by atoms with Crippen molar-refractivity contribution in [2.24, 2.45) is 0 Å². The van der Waals surface area contributed by atoms with Crippen molar-refractivity contribution in [2.45, 2.75) is 46.6 Å². The predicted octanol–water partition coefficient (Wildman–Crippen LogP) is 4.31. The van der Waals surface area contributed by atoms with Gasteiger partial charge in [-0.1, -0.05) is 18.2 Å². The number of aliphatic carboxylic acids is 1. The smallest absolute Gasteiger partial charge is 0.344 e. The number of para-hydroxylation sites is 1. The van der Waals surface area contributed by atoms with E-state index in [1.165, 1.54) is 12.1 Å². The van der Waals surface area contributed by atoms with Crippen LogP contribution in [0.2, 0.25) is 0 Å². The van der Waals surface area contributed by atoms with Crippen molar-refractivity contribution in [1.29, 1.82) is 0 Å². The number of hydrogen-bond acceptors (Lipinski definition) is 4. The topological polar surface area (TPSA) is 93.1 Å². The molecule has 0 amide bonds. The highest BCUT2D eigenvalue weighted by molar-refractivity contribution is 5.88. The molecule has 0 saturated carbocycles. The fourth-order valence-electron chi connectivity index (χ4n) is 3.10. The van der Waals surface area contributed by atoms with Gasteiger partial charge >= 0.3 is 11.9 Å². The molecule has 0 aliphatic rings. The maximum atomic E-state index is 11.6. The lowest BCUT2D eigenvalue weighted by atomic mass is 10.1. The van der Waals surface area contributed by atoms with Crippen LogP contribution in [0.25, 0.3) is 0 Å². The largest absolute Gasteiger partial charge is 0.493 e. The maximum absolute atomic E-state index is 11.6. The third-order valence-electron chi connectivity index (χ3n) is 4.51. The molecule has 2 N–H and O–H groups in total. The molecule has 150 valence electrons. The molecule has 0 saturated heterocycles. The molecule has 2 rings (SSSR count). The molecule has 0 spiro atoms. The molecule has 2 aromatic carbocycles. The molecule has 0 heterocycles. The summed E-state index contributed by atoms with van der Waals surface area (Å²) in [6.45, 7) is 7.74. The second-order valence-electron chi connectivity index (χ2n) is 6.90. The third-order valence-corrected chi connectivity index (χ3v) is 4.51. The second kappa shape index (κ2) is 9.26. The second-order valence-corrected chi connectivity index (χ2v) is 6.90. The summed E-state index contributed by atoms with van der Waals surface area (Å²) in [5.74, 6) is -0.858. The first-order valence-electron chi connectivity index (χ1n) is 9.13. The van der Waals surface area contributed by atoms with E-state index in [2.05, 4.69) is 0 Å². The van der Waals surface area contributed by atoms with Gasteiger partial charge in [-0.05, 0) is 74.9 Å². The number of aryl methyl sites for hydroxylation is 4. The van der Waals surface area contributed by atoms with Crippen molar-refractivity contribution in [2.75, 3.05) is 6.61 Å². The van der Waals surface area contributed by atoms with Crippen LogP contribution in [0.15, 0.2) is 30.3 Å². The fraction of sp³-hybridized carbons (Fsp3) is 0.364. The molecule has 1 unspecified atom stereocenters. The molecule has 1 atom stereocenters. The molecular formula is C22H26O6. The van der Waals surface area contributed by atoms with Crippen molar-refractivity contribution in [1.82, 2.24) is 0 Å². The number of rotatable bonds is 9. The monoisotopic (exact) mass is 386 g/mol. The Balaban J connectivity index is 2.01. The van der Waals surface area contributed by atoms with Crippen LogP contribution in [-0.4, -0.2) is 34.9 Å². The van der Waals surface area contributed by atoms with Crippen molar-refractivity contribution in [3.05, 3.63) is 58.1 Å². The number of aromatic carboxylic acids is 1. The van der Waals surface area contributed by atoms with E-state index in [4.69, 9.17) is 14.6 Å². The maximum Gasteiger partial charge on any atom is 0.344 e. The SMILES string of the molecule is Cc1cccc(C)c1OCCCC(Oc1c(C)cc(C(=O)O)cc1C)C(=O)O. The Labute approximate surface area is 164 Å². The molecule has 0 aromatic heterocycles. The molecule has 0 fully saturated rings. The van der Waals surface area contributed by atoms with Gasteiger partial charge < -0.3 is 19.7 Å². The average molecular weight is 386 g/mol. The molecule has 0 aliphatic heterocycles. The molecule has 6 heteroatoms. The molecule has 6 nitrogen and oxygen atoms in total. The summed E-state index contributed by atoms with van der Waals surface area (Å²) in [4.78, 5) is 22.8. The van der Waals surface area contributed by atoms with Gasteiger partial charge in [0, 0.05) is 0 Å². The van der Waals surface area contributed by atoms with Crippen molar-refractivity contribution < 1.29 is 29.3 Å². The van der Waals surface area contributed by atoms with Gasteiger partial charge in [0.15, 0.2) is 6.10 Å². The van der Waals surface area contributed by atoms with Crippen LogP contribution in [0.1, 0.15) is 45.5 Å². The zero-order chi connectivity index (χ0) is 20.8. The van der Waals surface area contributed by atoms with Gasteiger partial charge in [-0.25, -0.2) is 9.59 Å². The number of carboxylic acids is 2. The third kappa shape index (κ3) is 5.25. The van der Waals surface area contributed by atoms with E-state index < -0.39 is 18.0 Å². The van der Waals surface area contributed by atoms with Crippen LogP contribution in [0.4, 0.5) is 0 Å². The Hall–Kier alpha value is -3.02. The summed E-state index contributed by atoms with van der Waals surface area (Å²) in [6.07, 6.45) is -0.245. The van der Waals surface area contributed by atoms with E-state index in [9.17, 15) is 14.7 Å². The molecule has 2 aromatic rings. The van der Waals surface area contributed by atoms with Crippen molar-refractivity contribution in [3.63, 3.8) is 0 Å². The number of carboxylic acid groups (broad SMARTS) is 2. The summed E-state index contributed by atoms with van der Waals surface area (Å²) < 4.78 is 11.5. The van der Waals surface area contributed by atoms with Gasteiger partial charge in [0.25, 0.3) is 0 Å². The van der Waals surface area contributed by atoms with Gasteiger partial charge in [-0.2, -0.15) is 0 Å². The first-order chi connectivity index (χ1) is 13.2. The highest BCUT2D eigenvalue weighted by Gasteiger charge is 2.22. The predicted molar refractivity (Wildman–Crippen MR) is 106 cm³/mol. The van der Waals surface area contributed by atoms with Crippen LogP contribution < -0.4 is 9.47 Å². The van der Waals surface area contributed by atoms with Gasteiger partial charge in [-0.15, -0.1) is 0 Å². The van der Waals surface area contributed by atoms with E-state index in [1.807, 2.05) is 32.0 Å². The lowest BCUT2D eigenvalue weighted by molar-refractivity contribution is -0.145. The van der Waals surface area contributed by atoms with Crippen LogP contribution in [0.3, 0.4) is 0 Å². The number of carbonyl (C=O) groups is 2. The molecule has 0 bridgehead atoms. The van der Waals surface area contributed by atoms with Crippen molar-refractivity contribution >= 4 is 11.9 Å². The molecule has 28 heavy (non-hydrogen) atoms. The lowest BCUT2D eigenvalue weighted by Gasteiger charge is -2.19. The van der Waals surface area contributed by atoms with Gasteiger partial charge in [0.05, 0.1) is 12.2 Å². The molecular weight excluding hydrogens is 360 g/mol. The quantitative estimate of drug-likeness (QED) is 0.624. The van der Waals surface area contributed by atoms with Gasteiger partial charge in [0.2, 0.25) is 0 Å². The Morgan fingerprint density at radius 1 is 0.929 bits per heavy atom. The van der Waals surface area contributed by atoms with E-state index in [0.29, 0.717) is 29.9 Å². The summed E-state index contributed by atoms with van der Waals surface area (Å²) in [7, 11) is 0. The summed E-state index contributed by atoms with van der Waals surface area (Å²) in [5.41, 5.74) is 3.41. The normalized spacial score (nSPS) is 11.7. The van der Waals surface area contributed by atoms with Crippen LogP contribution in [-0.2, 0) is 4.79 Å². The van der Waals surface area contributed by atoms with E-state index in [1.54, 1.807) is 13.8 Å². The zero-order valence-electron chi connectivity index (χ0n) is 16.6. The first kappa shape index (κ1) is 21.3. The molecule has 0 radical (unpaired) electrons. The summed E-state index contributed by atoms with van der Waals surface area (Å²) in [5, 5.41) is 18.6. The number of benzene rings is 2. The Morgan fingerprint density at radius 2 is 1.50 bits per heavy atom.